The quantitative estimate of drug-likeness (QED) is 0.540. The van der Waals surface area contributed by atoms with E-state index in [1.54, 1.807) is 0 Å². The highest BCUT2D eigenvalue weighted by Gasteiger charge is 2.03. The van der Waals surface area contributed by atoms with Crippen LogP contribution in [0.4, 0.5) is 0 Å². The maximum Gasteiger partial charge on any atom is 0.0635 e. The van der Waals surface area contributed by atoms with E-state index in [0.29, 0.717) is 12.8 Å². The highest BCUT2D eigenvalue weighted by atomic mass is 15.1. The van der Waals surface area contributed by atoms with Gasteiger partial charge < -0.3 is 10.6 Å². The monoisotopic (exact) mass is 250 g/mol. The molecule has 0 aliphatic carbocycles. The number of nitrogens with two attached hydrogens (primary N) is 1. The summed E-state index contributed by atoms with van der Waals surface area (Å²) < 4.78 is 0. The van der Waals surface area contributed by atoms with Crippen molar-refractivity contribution in [2.75, 3.05) is 26.2 Å². The zero-order valence-corrected chi connectivity index (χ0v) is 11.4. The fourth-order valence-corrected chi connectivity index (χ4v) is 1.94. The second-order valence-electron chi connectivity index (χ2n) is 4.57. The molecular formula is C14H26N4. The molecule has 0 spiro atoms. The molecule has 4 nitrogen and oxygen atoms in total. The van der Waals surface area contributed by atoms with E-state index >= 15 is 0 Å². The van der Waals surface area contributed by atoms with E-state index in [9.17, 15) is 0 Å². The maximum atomic E-state index is 8.58. The summed E-state index contributed by atoms with van der Waals surface area (Å²) in [4.78, 5) is 2.23. The molecule has 0 unspecified atom stereocenters. The van der Waals surface area contributed by atoms with Gasteiger partial charge in [-0.25, -0.2) is 0 Å². The first-order valence-corrected chi connectivity index (χ1v) is 7.01. The zero-order valence-electron chi connectivity index (χ0n) is 11.4. The average Bonchev–Trinajstić information content (AvgIpc) is 2.40. The molecule has 0 aliphatic heterocycles. The first-order chi connectivity index (χ1) is 8.85. The van der Waals surface area contributed by atoms with Gasteiger partial charge in [0, 0.05) is 25.9 Å². The molecule has 0 radical (unpaired) electrons. The number of rotatable bonds is 12. The summed E-state index contributed by atoms with van der Waals surface area (Å²) in [5.41, 5.74) is 5.44. The Morgan fingerprint density at radius 2 is 1.22 bits per heavy atom. The lowest BCUT2D eigenvalue weighted by atomic mass is 10.1. The summed E-state index contributed by atoms with van der Waals surface area (Å²) in [5, 5.41) is 17.2. The topological polar surface area (TPSA) is 76.8 Å². The van der Waals surface area contributed by atoms with Crippen molar-refractivity contribution in [3.63, 3.8) is 0 Å². The van der Waals surface area contributed by atoms with Crippen LogP contribution in [0.2, 0.25) is 0 Å². The Hall–Kier alpha value is -1.10. The van der Waals surface area contributed by atoms with Crippen LogP contribution in [-0.4, -0.2) is 31.1 Å². The van der Waals surface area contributed by atoms with E-state index in [0.717, 1.165) is 32.6 Å². The van der Waals surface area contributed by atoms with E-state index in [1.807, 2.05) is 0 Å². The highest BCUT2D eigenvalue weighted by Crippen LogP contribution is 2.06. The summed E-state index contributed by atoms with van der Waals surface area (Å²) in [6.07, 6.45) is 8.43. The minimum Gasteiger partial charge on any atom is -0.330 e. The van der Waals surface area contributed by atoms with Crippen molar-refractivity contribution in [3.05, 3.63) is 0 Å². The first kappa shape index (κ1) is 16.9. The van der Waals surface area contributed by atoms with Gasteiger partial charge in [-0.3, -0.25) is 0 Å². The Labute approximate surface area is 111 Å². The fourth-order valence-electron chi connectivity index (χ4n) is 1.94. The summed E-state index contributed by atoms with van der Waals surface area (Å²) in [5.74, 6) is 0. The van der Waals surface area contributed by atoms with Crippen LogP contribution < -0.4 is 5.73 Å². The van der Waals surface area contributed by atoms with Crippen LogP contribution >= 0.6 is 0 Å². The number of nitriles is 2. The summed E-state index contributed by atoms with van der Waals surface area (Å²) in [6, 6.07) is 4.33. The van der Waals surface area contributed by atoms with Crippen molar-refractivity contribution in [2.24, 2.45) is 5.73 Å². The van der Waals surface area contributed by atoms with Gasteiger partial charge in [0.15, 0.2) is 0 Å². The van der Waals surface area contributed by atoms with Gasteiger partial charge in [0.1, 0.15) is 0 Å². The molecule has 2 N–H and O–H groups in total. The Morgan fingerprint density at radius 1 is 0.722 bits per heavy atom. The first-order valence-electron chi connectivity index (χ1n) is 7.01. The predicted octanol–water partition coefficient (Wildman–Crippen LogP) is 2.42. The Bertz CT molecular complexity index is 234. The van der Waals surface area contributed by atoms with Crippen LogP contribution in [0.3, 0.4) is 0 Å². The third kappa shape index (κ3) is 11.4. The number of unbranched alkanes of at least 4 members (excludes halogenated alkanes) is 5. The smallest absolute Gasteiger partial charge is 0.0635 e. The van der Waals surface area contributed by atoms with Gasteiger partial charge in [0.2, 0.25) is 0 Å². The molecule has 102 valence electrons. The lowest BCUT2D eigenvalue weighted by Gasteiger charge is -2.19. The van der Waals surface area contributed by atoms with Crippen LogP contribution in [0.1, 0.15) is 51.4 Å². The Balaban J connectivity index is 3.50. The number of hydrogen-bond acceptors (Lipinski definition) is 4. The molecule has 0 bridgehead atoms. The molecule has 0 aliphatic rings. The molecule has 0 fully saturated rings. The SMILES string of the molecule is N#CCCN(CCC#N)CCCCCCCCN. The van der Waals surface area contributed by atoms with Crippen molar-refractivity contribution >= 4 is 0 Å². The van der Waals surface area contributed by atoms with E-state index in [1.165, 1.54) is 32.1 Å². The van der Waals surface area contributed by atoms with Crippen LogP contribution in [0, 0.1) is 22.7 Å². The Kier molecular flexibility index (Phi) is 13.1. The summed E-state index contributed by atoms with van der Waals surface area (Å²) >= 11 is 0. The normalized spacial score (nSPS) is 10.2. The second-order valence-corrected chi connectivity index (χ2v) is 4.57. The molecule has 0 amide bonds. The van der Waals surface area contributed by atoms with Crippen LogP contribution in [0.25, 0.3) is 0 Å². The molecule has 0 aromatic heterocycles. The molecule has 0 rings (SSSR count). The van der Waals surface area contributed by atoms with Crippen LogP contribution in [0.5, 0.6) is 0 Å². The van der Waals surface area contributed by atoms with Gasteiger partial charge in [-0.2, -0.15) is 10.5 Å². The second kappa shape index (κ2) is 14.0. The Morgan fingerprint density at radius 3 is 1.72 bits per heavy atom. The molecule has 0 atom stereocenters. The molecular weight excluding hydrogens is 224 g/mol. The molecule has 0 aromatic rings. The molecule has 0 saturated carbocycles. The maximum absolute atomic E-state index is 8.58. The summed E-state index contributed by atoms with van der Waals surface area (Å²) in [6.45, 7) is 3.41. The van der Waals surface area contributed by atoms with E-state index in [4.69, 9.17) is 16.3 Å². The minimum absolute atomic E-state index is 0.557. The van der Waals surface area contributed by atoms with Crippen molar-refractivity contribution < 1.29 is 0 Å². The van der Waals surface area contributed by atoms with E-state index < -0.39 is 0 Å². The van der Waals surface area contributed by atoms with E-state index in [2.05, 4.69) is 17.0 Å². The third-order valence-corrected chi connectivity index (χ3v) is 3.01. The van der Waals surface area contributed by atoms with Crippen molar-refractivity contribution in [1.29, 1.82) is 10.5 Å². The number of hydrogen-bond donors (Lipinski definition) is 1. The fraction of sp³-hybridized carbons (Fsp3) is 0.857. The molecule has 0 heterocycles. The van der Waals surface area contributed by atoms with Crippen LogP contribution in [0.15, 0.2) is 0 Å². The average molecular weight is 250 g/mol. The van der Waals surface area contributed by atoms with Crippen molar-refractivity contribution in [1.82, 2.24) is 4.90 Å². The summed E-state index contributed by atoms with van der Waals surface area (Å²) in [7, 11) is 0. The van der Waals surface area contributed by atoms with Gasteiger partial charge in [0.25, 0.3) is 0 Å². The lowest BCUT2D eigenvalue weighted by molar-refractivity contribution is 0.278. The van der Waals surface area contributed by atoms with Gasteiger partial charge in [-0.15, -0.1) is 0 Å². The van der Waals surface area contributed by atoms with Gasteiger partial charge in [-0.05, 0) is 25.9 Å². The van der Waals surface area contributed by atoms with Gasteiger partial charge in [0.05, 0.1) is 12.1 Å². The van der Waals surface area contributed by atoms with Crippen molar-refractivity contribution in [3.8, 4) is 12.1 Å². The van der Waals surface area contributed by atoms with Crippen LogP contribution in [-0.2, 0) is 0 Å². The highest BCUT2D eigenvalue weighted by molar-refractivity contribution is 4.76. The third-order valence-electron chi connectivity index (χ3n) is 3.01. The van der Waals surface area contributed by atoms with E-state index in [-0.39, 0.29) is 0 Å². The predicted molar refractivity (Wildman–Crippen MR) is 73.7 cm³/mol. The minimum atomic E-state index is 0.557. The molecule has 4 heteroatoms. The standard InChI is InChI=1S/C14H26N4/c15-9-5-3-1-2-4-6-12-18(13-7-10-16)14-8-11-17/h1-9,12-15H2. The number of nitrogens with zero attached hydrogens (tertiary/aromatic N) is 3. The lowest BCUT2D eigenvalue weighted by Crippen LogP contribution is -2.26. The largest absolute Gasteiger partial charge is 0.330 e. The van der Waals surface area contributed by atoms with Gasteiger partial charge in [-0.1, -0.05) is 25.7 Å². The molecule has 18 heavy (non-hydrogen) atoms. The molecule has 0 aromatic carbocycles. The van der Waals surface area contributed by atoms with Crippen molar-refractivity contribution in [2.45, 2.75) is 51.4 Å². The van der Waals surface area contributed by atoms with Gasteiger partial charge >= 0.3 is 0 Å². The zero-order chi connectivity index (χ0) is 13.5. The molecule has 0 saturated heterocycles.